The molecule has 4 nitrogen and oxygen atoms in total. The van der Waals surface area contributed by atoms with E-state index in [1.165, 1.54) is 6.07 Å². The van der Waals surface area contributed by atoms with E-state index >= 15 is 0 Å². The molecule has 3 aromatic rings. The molecule has 0 saturated heterocycles. The van der Waals surface area contributed by atoms with E-state index in [0.717, 1.165) is 16.7 Å². The maximum atomic E-state index is 11.5. The average molecular weight is 304 g/mol. The second-order valence-corrected chi connectivity index (χ2v) is 5.28. The SMILES string of the molecule is Nc1cc(N)c(-c2ccc(-c3ccccc3)cc2)c(C(=O)O)c1. The highest BCUT2D eigenvalue weighted by molar-refractivity contribution is 6.01. The molecule has 0 aliphatic rings. The van der Waals surface area contributed by atoms with E-state index < -0.39 is 5.97 Å². The summed E-state index contributed by atoms with van der Waals surface area (Å²) in [5, 5.41) is 9.40. The Kier molecular flexibility index (Phi) is 3.73. The summed E-state index contributed by atoms with van der Waals surface area (Å²) in [5.41, 5.74) is 15.9. The standard InChI is InChI=1S/C19H16N2O2/c20-15-10-16(19(22)23)18(17(21)11-15)14-8-6-13(7-9-14)12-4-2-1-3-5-12/h1-11H,20-21H2,(H,22,23). The van der Waals surface area contributed by atoms with Gasteiger partial charge in [0.1, 0.15) is 0 Å². The minimum absolute atomic E-state index is 0.106. The van der Waals surface area contributed by atoms with Crippen LogP contribution >= 0.6 is 0 Å². The van der Waals surface area contributed by atoms with Crippen molar-refractivity contribution in [1.29, 1.82) is 0 Å². The molecule has 0 aliphatic heterocycles. The molecule has 0 bridgehead atoms. The molecule has 3 aromatic carbocycles. The van der Waals surface area contributed by atoms with Crippen molar-refractivity contribution in [3.63, 3.8) is 0 Å². The van der Waals surface area contributed by atoms with E-state index in [1.54, 1.807) is 6.07 Å². The zero-order valence-corrected chi connectivity index (χ0v) is 12.4. The van der Waals surface area contributed by atoms with Crippen molar-refractivity contribution >= 4 is 17.3 Å². The Morgan fingerprint density at radius 2 is 1.35 bits per heavy atom. The molecule has 0 fully saturated rings. The van der Waals surface area contributed by atoms with Gasteiger partial charge in [0, 0.05) is 16.9 Å². The summed E-state index contributed by atoms with van der Waals surface area (Å²) in [7, 11) is 0. The maximum absolute atomic E-state index is 11.5. The monoisotopic (exact) mass is 304 g/mol. The van der Waals surface area contributed by atoms with Crippen molar-refractivity contribution in [2.24, 2.45) is 0 Å². The molecule has 0 aromatic heterocycles. The summed E-state index contributed by atoms with van der Waals surface area (Å²) < 4.78 is 0. The molecule has 0 aliphatic carbocycles. The molecule has 4 heteroatoms. The lowest BCUT2D eigenvalue weighted by Gasteiger charge is -2.12. The lowest BCUT2D eigenvalue weighted by molar-refractivity contribution is 0.0698. The van der Waals surface area contributed by atoms with Gasteiger partial charge in [-0.3, -0.25) is 0 Å². The van der Waals surface area contributed by atoms with Crippen LogP contribution < -0.4 is 11.5 Å². The molecule has 5 N–H and O–H groups in total. The number of benzene rings is 3. The number of hydrogen-bond donors (Lipinski definition) is 3. The van der Waals surface area contributed by atoms with Crippen molar-refractivity contribution in [2.45, 2.75) is 0 Å². The second kappa shape index (κ2) is 5.85. The number of nitrogens with two attached hydrogens (primary N) is 2. The summed E-state index contributed by atoms with van der Waals surface area (Å²) in [4.78, 5) is 11.5. The first-order valence-corrected chi connectivity index (χ1v) is 7.14. The Labute approximate surface area is 134 Å². The summed E-state index contributed by atoms with van der Waals surface area (Å²) in [6.45, 7) is 0. The van der Waals surface area contributed by atoms with Crippen molar-refractivity contribution < 1.29 is 9.90 Å². The van der Waals surface area contributed by atoms with Gasteiger partial charge in [0.15, 0.2) is 0 Å². The molecular weight excluding hydrogens is 288 g/mol. The average Bonchev–Trinajstić information content (AvgIpc) is 2.55. The van der Waals surface area contributed by atoms with Crippen LogP contribution in [0, 0.1) is 0 Å². The first-order valence-electron chi connectivity index (χ1n) is 7.14. The number of carboxylic acids is 1. The van der Waals surface area contributed by atoms with Crippen molar-refractivity contribution in [2.75, 3.05) is 11.5 Å². The molecular formula is C19H16N2O2. The zero-order valence-electron chi connectivity index (χ0n) is 12.4. The smallest absolute Gasteiger partial charge is 0.336 e. The largest absolute Gasteiger partial charge is 0.478 e. The zero-order chi connectivity index (χ0) is 16.4. The third-order valence-electron chi connectivity index (χ3n) is 3.70. The number of carboxylic acid groups (broad SMARTS) is 1. The lowest BCUT2D eigenvalue weighted by atomic mass is 9.95. The number of aromatic carboxylic acids is 1. The van der Waals surface area contributed by atoms with Gasteiger partial charge in [0.05, 0.1) is 5.56 Å². The number of anilines is 2. The summed E-state index contributed by atoms with van der Waals surface area (Å²) in [6, 6.07) is 20.6. The molecule has 0 unspecified atom stereocenters. The van der Waals surface area contributed by atoms with Gasteiger partial charge < -0.3 is 16.6 Å². The Balaban J connectivity index is 2.08. The summed E-state index contributed by atoms with van der Waals surface area (Å²) in [6.07, 6.45) is 0. The van der Waals surface area contributed by atoms with Crippen LogP contribution in [0.15, 0.2) is 66.7 Å². The predicted octanol–water partition coefficient (Wildman–Crippen LogP) is 3.88. The minimum atomic E-state index is -1.05. The van der Waals surface area contributed by atoms with E-state index in [1.807, 2.05) is 54.6 Å². The van der Waals surface area contributed by atoms with Crippen LogP contribution in [0.5, 0.6) is 0 Å². The van der Waals surface area contributed by atoms with E-state index in [-0.39, 0.29) is 5.56 Å². The maximum Gasteiger partial charge on any atom is 0.336 e. The quantitative estimate of drug-likeness (QED) is 0.640. The fourth-order valence-electron chi connectivity index (χ4n) is 2.64. The van der Waals surface area contributed by atoms with Gasteiger partial charge in [-0.15, -0.1) is 0 Å². The van der Waals surface area contributed by atoms with Crippen LogP contribution in [0.25, 0.3) is 22.3 Å². The topological polar surface area (TPSA) is 89.3 Å². The van der Waals surface area contributed by atoms with Crippen LogP contribution in [-0.2, 0) is 0 Å². The number of hydrogen-bond acceptors (Lipinski definition) is 3. The van der Waals surface area contributed by atoms with Crippen molar-refractivity contribution in [3.8, 4) is 22.3 Å². The Hall–Kier alpha value is -3.27. The van der Waals surface area contributed by atoms with E-state index in [2.05, 4.69) is 0 Å². The van der Waals surface area contributed by atoms with Gasteiger partial charge in [-0.25, -0.2) is 4.79 Å². The van der Waals surface area contributed by atoms with Crippen LogP contribution in [-0.4, -0.2) is 11.1 Å². The van der Waals surface area contributed by atoms with Gasteiger partial charge in [-0.1, -0.05) is 54.6 Å². The van der Waals surface area contributed by atoms with Crippen LogP contribution in [0.1, 0.15) is 10.4 Å². The van der Waals surface area contributed by atoms with E-state index in [0.29, 0.717) is 16.9 Å². The molecule has 114 valence electrons. The minimum Gasteiger partial charge on any atom is -0.478 e. The van der Waals surface area contributed by atoms with Crippen molar-refractivity contribution in [1.82, 2.24) is 0 Å². The highest BCUT2D eigenvalue weighted by Gasteiger charge is 2.16. The summed E-state index contributed by atoms with van der Waals surface area (Å²) in [5.74, 6) is -1.05. The van der Waals surface area contributed by atoms with Crippen LogP contribution in [0.2, 0.25) is 0 Å². The van der Waals surface area contributed by atoms with Gasteiger partial charge in [-0.2, -0.15) is 0 Å². The van der Waals surface area contributed by atoms with E-state index in [4.69, 9.17) is 11.5 Å². The molecule has 23 heavy (non-hydrogen) atoms. The molecule has 0 radical (unpaired) electrons. The highest BCUT2D eigenvalue weighted by atomic mass is 16.4. The van der Waals surface area contributed by atoms with Gasteiger partial charge in [-0.05, 0) is 28.8 Å². The number of carbonyl (C=O) groups is 1. The Bertz CT molecular complexity index is 857. The van der Waals surface area contributed by atoms with Crippen molar-refractivity contribution in [3.05, 3.63) is 72.3 Å². The molecule has 3 rings (SSSR count). The molecule has 0 amide bonds. The number of rotatable bonds is 3. The van der Waals surface area contributed by atoms with E-state index in [9.17, 15) is 9.90 Å². The second-order valence-electron chi connectivity index (χ2n) is 5.28. The third-order valence-corrected chi connectivity index (χ3v) is 3.70. The van der Waals surface area contributed by atoms with Gasteiger partial charge >= 0.3 is 5.97 Å². The summed E-state index contributed by atoms with van der Waals surface area (Å²) >= 11 is 0. The molecule has 0 spiro atoms. The fraction of sp³-hybridized carbons (Fsp3) is 0. The predicted molar refractivity (Wildman–Crippen MR) is 93.1 cm³/mol. The van der Waals surface area contributed by atoms with Gasteiger partial charge in [0.25, 0.3) is 0 Å². The molecule has 0 heterocycles. The normalized spacial score (nSPS) is 10.4. The lowest BCUT2D eigenvalue weighted by Crippen LogP contribution is -2.04. The van der Waals surface area contributed by atoms with Crippen LogP contribution in [0.4, 0.5) is 11.4 Å². The Morgan fingerprint density at radius 3 is 1.96 bits per heavy atom. The fourth-order valence-corrected chi connectivity index (χ4v) is 2.64. The van der Waals surface area contributed by atoms with Gasteiger partial charge in [0.2, 0.25) is 0 Å². The first kappa shape index (κ1) is 14.7. The Morgan fingerprint density at radius 1 is 0.783 bits per heavy atom. The van der Waals surface area contributed by atoms with Crippen LogP contribution in [0.3, 0.4) is 0 Å². The third kappa shape index (κ3) is 2.87. The number of nitrogen functional groups attached to an aromatic ring is 2. The first-order chi connectivity index (χ1) is 11.1. The highest BCUT2D eigenvalue weighted by Crippen LogP contribution is 2.33. The molecule has 0 atom stereocenters. The molecule has 0 saturated carbocycles.